The number of hydrogen-bond acceptors (Lipinski definition) is 12. The molecule has 0 bridgehead atoms. The van der Waals surface area contributed by atoms with Gasteiger partial charge < -0.3 is 55.1 Å². The van der Waals surface area contributed by atoms with Crippen LogP contribution in [0.4, 0.5) is 0 Å². The fourth-order valence-corrected chi connectivity index (χ4v) is 3.42. The number of benzene rings is 1. The Balaban J connectivity index is 1.64. The van der Waals surface area contributed by atoms with E-state index in [1.807, 2.05) is 0 Å². The van der Waals surface area contributed by atoms with Gasteiger partial charge in [0.1, 0.15) is 42.7 Å². The first-order valence-electron chi connectivity index (χ1n) is 10.0. The molecular formula is C21H26O12. The van der Waals surface area contributed by atoms with Crippen LogP contribution in [0.3, 0.4) is 0 Å². The van der Waals surface area contributed by atoms with E-state index < -0.39 is 67.7 Å². The zero-order valence-electron chi connectivity index (χ0n) is 17.2. The molecule has 0 aromatic heterocycles. The third-order valence-electron chi connectivity index (χ3n) is 5.31. The fourth-order valence-electron chi connectivity index (χ4n) is 3.42. The number of aliphatic hydroxyl groups is 6. The van der Waals surface area contributed by atoms with Crippen molar-refractivity contribution in [2.24, 2.45) is 0 Å². The number of esters is 1. The number of hydrogen-bond donors (Lipinski definition) is 8. The van der Waals surface area contributed by atoms with Crippen LogP contribution >= 0.6 is 0 Å². The number of rotatable bonds is 6. The van der Waals surface area contributed by atoms with Gasteiger partial charge in [0.2, 0.25) is 0 Å². The van der Waals surface area contributed by atoms with Gasteiger partial charge in [0.15, 0.2) is 23.9 Å². The molecule has 1 aromatic rings. The predicted molar refractivity (Wildman–Crippen MR) is 108 cm³/mol. The molecule has 182 valence electrons. The van der Waals surface area contributed by atoms with E-state index in [1.165, 1.54) is 36.4 Å². The van der Waals surface area contributed by atoms with Gasteiger partial charge >= 0.3 is 5.97 Å². The first-order chi connectivity index (χ1) is 15.6. The molecule has 0 saturated carbocycles. The van der Waals surface area contributed by atoms with Gasteiger partial charge in [0, 0.05) is 6.08 Å². The van der Waals surface area contributed by atoms with Crippen molar-refractivity contribution in [2.45, 2.75) is 55.1 Å². The molecule has 1 saturated heterocycles. The highest BCUT2D eigenvalue weighted by Crippen LogP contribution is 2.28. The van der Waals surface area contributed by atoms with Crippen LogP contribution in [0.1, 0.15) is 5.56 Å². The van der Waals surface area contributed by atoms with Crippen LogP contribution in [-0.4, -0.2) is 109 Å². The second-order valence-corrected chi connectivity index (χ2v) is 7.65. The van der Waals surface area contributed by atoms with Gasteiger partial charge in [0.05, 0.1) is 6.61 Å². The summed E-state index contributed by atoms with van der Waals surface area (Å²) in [7, 11) is 0. The summed E-state index contributed by atoms with van der Waals surface area (Å²) in [4.78, 5) is 12.2. The topological polar surface area (TPSA) is 207 Å². The van der Waals surface area contributed by atoms with E-state index in [-0.39, 0.29) is 11.5 Å². The molecule has 0 amide bonds. The summed E-state index contributed by atoms with van der Waals surface area (Å²) >= 11 is 0. The van der Waals surface area contributed by atoms with E-state index in [1.54, 1.807) is 0 Å². The Labute approximate surface area is 187 Å². The maximum absolute atomic E-state index is 12.2. The van der Waals surface area contributed by atoms with Crippen molar-refractivity contribution in [3.05, 3.63) is 42.0 Å². The van der Waals surface area contributed by atoms with Gasteiger partial charge in [-0.25, -0.2) is 4.79 Å². The summed E-state index contributed by atoms with van der Waals surface area (Å²) in [5, 5.41) is 78.5. The Morgan fingerprint density at radius 3 is 2.36 bits per heavy atom. The quantitative estimate of drug-likeness (QED) is 0.0940. The third kappa shape index (κ3) is 5.69. The van der Waals surface area contributed by atoms with E-state index in [2.05, 4.69) is 0 Å². The zero-order valence-corrected chi connectivity index (χ0v) is 17.2. The van der Waals surface area contributed by atoms with Gasteiger partial charge in [-0.1, -0.05) is 18.2 Å². The number of ether oxygens (including phenoxy) is 3. The second kappa shape index (κ2) is 10.6. The molecule has 8 N–H and O–H groups in total. The van der Waals surface area contributed by atoms with Crippen LogP contribution in [0.25, 0.3) is 6.08 Å². The van der Waals surface area contributed by atoms with Crippen molar-refractivity contribution in [1.82, 2.24) is 0 Å². The van der Waals surface area contributed by atoms with Crippen LogP contribution in [0.5, 0.6) is 11.5 Å². The monoisotopic (exact) mass is 470 g/mol. The molecule has 33 heavy (non-hydrogen) atoms. The smallest absolute Gasteiger partial charge is 0.331 e. The highest BCUT2D eigenvalue weighted by atomic mass is 16.7. The number of carbonyl (C=O) groups excluding carboxylic acids is 1. The van der Waals surface area contributed by atoms with Crippen LogP contribution in [0.15, 0.2) is 36.4 Å². The summed E-state index contributed by atoms with van der Waals surface area (Å²) in [6.45, 7) is -0.669. The summed E-state index contributed by atoms with van der Waals surface area (Å²) in [5.41, 5.74) is 0.371. The Morgan fingerprint density at radius 1 is 0.970 bits per heavy atom. The lowest BCUT2D eigenvalue weighted by molar-refractivity contribution is -0.315. The number of phenolic OH excluding ortho intramolecular Hbond substituents is 2. The molecule has 0 unspecified atom stereocenters. The second-order valence-electron chi connectivity index (χ2n) is 7.65. The van der Waals surface area contributed by atoms with Gasteiger partial charge in [0.25, 0.3) is 0 Å². The molecule has 2 aliphatic rings. The van der Waals surface area contributed by atoms with E-state index >= 15 is 0 Å². The average molecular weight is 470 g/mol. The number of aromatic hydroxyl groups is 2. The summed E-state index contributed by atoms with van der Waals surface area (Å²) in [6, 6.07) is 3.85. The highest BCUT2D eigenvalue weighted by molar-refractivity contribution is 5.87. The first kappa shape index (κ1) is 25.1. The van der Waals surface area contributed by atoms with Crippen molar-refractivity contribution in [3.63, 3.8) is 0 Å². The van der Waals surface area contributed by atoms with Crippen molar-refractivity contribution in [2.75, 3.05) is 6.61 Å². The van der Waals surface area contributed by atoms with Crippen LogP contribution in [0.2, 0.25) is 0 Å². The molecule has 1 fully saturated rings. The lowest BCUT2D eigenvalue weighted by Gasteiger charge is -2.42. The molecule has 3 rings (SSSR count). The molecule has 1 aromatic carbocycles. The molecule has 1 aliphatic heterocycles. The minimum atomic E-state index is -1.71. The van der Waals surface area contributed by atoms with Gasteiger partial charge in [-0.2, -0.15) is 0 Å². The van der Waals surface area contributed by atoms with Crippen LogP contribution < -0.4 is 0 Å². The highest BCUT2D eigenvalue weighted by Gasteiger charge is 2.47. The number of aliphatic hydroxyl groups excluding tert-OH is 6. The molecule has 12 heteroatoms. The zero-order chi connectivity index (χ0) is 24.3. The Bertz CT molecular complexity index is 884. The van der Waals surface area contributed by atoms with E-state index in [0.29, 0.717) is 5.56 Å². The van der Waals surface area contributed by atoms with Crippen molar-refractivity contribution < 1.29 is 59.9 Å². The van der Waals surface area contributed by atoms with Gasteiger partial charge in [-0.15, -0.1) is 0 Å². The summed E-state index contributed by atoms with van der Waals surface area (Å²) in [6.07, 6.45) is -8.74. The minimum Gasteiger partial charge on any atom is -0.504 e. The lowest BCUT2D eigenvalue weighted by Crippen LogP contribution is -2.61. The number of carbonyl (C=O) groups is 1. The standard InChI is InChI=1S/C21H26O12/c22-8-14-16(27)18(29)19(30)21(32-14)31-13-5-4-11(24)20(17(13)28)33-15(26)6-2-9-1-3-10(23)12(25)7-9/h1-7,11,13-14,16-25,27-30H,8H2/t11-,13-,14-,16-,17-,18+,19+,20+,21+/m1/s1. The molecule has 0 radical (unpaired) electrons. The summed E-state index contributed by atoms with van der Waals surface area (Å²) in [5.74, 6) is -1.66. The molecule has 0 spiro atoms. The maximum Gasteiger partial charge on any atom is 0.331 e. The molecule has 1 aliphatic carbocycles. The summed E-state index contributed by atoms with van der Waals surface area (Å²) < 4.78 is 15.8. The van der Waals surface area contributed by atoms with E-state index in [0.717, 1.165) is 6.08 Å². The predicted octanol–water partition coefficient (Wildman–Crippen LogP) is -2.50. The minimum absolute atomic E-state index is 0.333. The molecular weight excluding hydrogens is 444 g/mol. The maximum atomic E-state index is 12.2. The molecule has 12 nitrogen and oxygen atoms in total. The molecule has 9 atom stereocenters. The Morgan fingerprint density at radius 2 is 1.70 bits per heavy atom. The average Bonchev–Trinajstić information content (AvgIpc) is 2.79. The van der Waals surface area contributed by atoms with Crippen LogP contribution in [-0.2, 0) is 19.0 Å². The van der Waals surface area contributed by atoms with Crippen molar-refractivity contribution >= 4 is 12.0 Å². The van der Waals surface area contributed by atoms with E-state index in [4.69, 9.17) is 14.2 Å². The third-order valence-corrected chi connectivity index (χ3v) is 5.31. The van der Waals surface area contributed by atoms with E-state index in [9.17, 15) is 45.6 Å². The molecule has 1 heterocycles. The SMILES string of the molecule is O=C(C=Cc1ccc(O)c(O)c1)O[C@@H]1[C@H](O)[C@H](O[C@H]2O[C@H](CO)[C@@H](O)[C@H](O)[C@@H]2O)C=C[C@H]1O. The fraction of sp³-hybridized carbons (Fsp3) is 0.476. The largest absolute Gasteiger partial charge is 0.504 e. The van der Waals surface area contributed by atoms with Crippen molar-refractivity contribution in [1.29, 1.82) is 0 Å². The van der Waals surface area contributed by atoms with Crippen LogP contribution in [0, 0.1) is 0 Å². The Kier molecular flexibility index (Phi) is 8.05. The first-order valence-corrected chi connectivity index (χ1v) is 10.0. The number of phenols is 2. The van der Waals surface area contributed by atoms with Gasteiger partial charge in [-0.3, -0.25) is 0 Å². The Hall–Kier alpha value is -2.55. The lowest BCUT2D eigenvalue weighted by atomic mass is 9.95. The normalized spacial score (nSPS) is 36.7. The van der Waals surface area contributed by atoms with Crippen molar-refractivity contribution in [3.8, 4) is 11.5 Å². The van der Waals surface area contributed by atoms with Gasteiger partial charge in [-0.05, 0) is 23.8 Å².